The molecular weight excluding hydrogens is 172 g/mol. The molecule has 1 aliphatic rings. The number of rotatable bonds is 6. The lowest BCUT2D eigenvalue weighted by Gasteiger charge is -2.10. The van der Waals surface area contributed by atoms with E-state index in [4.69, 9.17) is 9.47 Å². The number of Topliss-reactive ketones (excluding diaryl/α,β-unsaturated/α-hetero) is 2. The van der Waals surface area contributed by atoms with Gasteiger partial charge in [-0.2, -0.15) is 0 Å². The molecular formula is C9H14O4. The number of carbonyl (C=O) groups excluding carboxylic acids is 2. The number of hydrogen-bond donors (Lipinski definition) is 0. The van der Waals surface area contributed by atoms with Crippen molar-refractivity contribution in [2.45, 2.75) is 25.6 Å². The highest BCUT2D eigenvalue weighted by Crippen LogP contribution is 2.31. The van der Waals surface area contributed by atoms with E-state index in [9.17, 15) is 9.59 Å². The molecule has 0 aromatic carbocycles. The van der Waals surface area contributed by atoms with Crippen molar-refractivity contribution >= 4 is 11.6 Å². The van der Waals surface area contributed by atoms with E-state index in [1.807, 2.05) is 0 Å². The number of ether oxygens (including phenoxy) is 2. The number of methoxy groups -OCH3 is 2. The van der Waals surface area contributed by atoms with E-state index in [1.54, 1.807) is 0 Å². The van der Waals surface area contributed by atoms with Crippen LogP contribution in [0.25, 0.3) is 0 Å². The maximum Gasteiger partial charge on any atom is 0.217 e. The zero-order valence-electron chi connectivity index (χ0n) is 7.91. The van der Waals surface area contributed by atoms with Gasteiger partial charge in [0, 0.05) is 20.1 Å². The van der Waals surface area contributed by atoms with Gasteiger partial charge in [-0.1, -0.05) is 0 Å². The molecule has 0 spiro atoms. The molecule has 74 valence electrons. The molecule has 13 heavy (non-hydrogen) atoms. The van der Waals surface area contributed by atoms with Crippen LogP contribution in [0.4, 0.5) is 0 Å². The molecule has 0 bridgehead atoms. The third-order valence-electron chi connectivity index (χ3n) is 2.07. The van der Waals surface area contributed by atoms with Crippen molar-refractivity contribution < 1.29 is 19.1 Å². The maximum absolute atomic E-state index is 11.3. The van der Waals surface area contributed by atoms with Gasteiger partial charge in [0.25, 0.3) is 0 Å². The first-order chi connectivity index (χ1) is 6.19. The highest BCUT2D eigenvalue weighted by atomic mass is 16.7. The molecule has 0 atom stereocenters. The van der Waals surface area contributed by atoms with Gasteiger partial charge in [0.2, 0.25) is 6.29 Å². The van der Waals surface area contributed by atoms with Crippen LogP contribution >= 0.6 is 0 Å². The van der Waals surface area contributed by atoms with Crippen molar-refractivity contribution in [3.8, 4) is 0 Å². The molecule has 1 fully saturated rings. The summed E-state index contributed by atoms with van der Waals surface area (Å²) in [5.41, 5.74) is 0. The summed E-state index contributed by atoms with van der Waals surface area (Å²) in [5, 5.41) is 0. The molecule has 0 saturated heterocycles. The molecule has 4 heteroatoms. The summed E-state index contributed by atoms with van der Waals surface area (Å²) in [6.07, 6.45) is 0.910. The Balaban J connectivity index is 2.33. The van der Waals surface area contributed by atoms with E-state index >= 15 is 0 Å². The zero-order valence-corrected chi connectivity index (χ0v) is 7.91. The Morgan fingerprint density at radius 2 is 1.85 bits per heavy atom. The van der Waals surface area contributed by atoms with Crippen molar-refractivity contribution in [3.05, 3.63) is 0 Å². The van der Waals surface area contributed by atoms with Crippen LogP contribution in [0.5, 0.6) is 0 Å². The molecule has 0 amide bonds. The Morgan fingerprint density at radius 1 is 1.31 bits per heavy atom. The molecule has 0 N–H and O–H groups in total. The second-order valence-corrected chi connectivity index (χ2v) is 3.19. The summed E-state index contributed by atoms with van der Waals surface area (Å²) in [6.45, 7) is 0. The van der Waals surface area contributed by atoms with Crippen LogP contribution in [0.1, 0.15) is 19.3 Å². The number of hydrogen-bond acceptors (Lipinski definition) is 4. The van der Waals surface area contributed by atoms with Crippen LogP contribution in [-0.2, 0) is 19.1 Å². The average Bonchev–Trinajstić information content (AvgIpc) is 2.88. The minimum Gasteiger partial charge on any atom is -0.349 e. The maximum atomic E-state index is 11.3. The Hall–Kier alpha value is -0.740. The van der Waals surface area contributed by atoms with Gasteiger partial charge in [0.15, 0.2) is 5.78 Å². The molecule has 1 saturated carbocycles. The van der Waals surface area contributed by atoms with Crippen molar-refractivity contribution in [2.75, 3.05) is 14.2 Å². The lowest BCUT2D eigenvalue weighted by atomic mass is 10.1. The fourth-order valence-electron chi connectivity index (χ4n) is 1.16. The van der Waals surface area contributed by atoms with Crippen molar-refractivity contribution in [3.63, 3.8) is 0 Å². The van der Waals surface area contributed by atoms with Gasteiger partial charge in [-0.05, 0) is 12.8 Å². The topological polar surface area (TPSA) is 52.6 Å². The third kappa shape index (κ3) is 2.90. The molecule has 0 heterocycles. The summed E-state index contributed by atoms with van der Waals surface area (Å²) in [5.74, 6) is -0.149. The Labute approximate surface area is 77.2 Å². The van der Waals surface area contributed by atoms with Crippen molar-refractivity contribution in [2.24, 2.45) is 5.92 Å². The van der Waals surface area contributed by atoms with E-state index in [0.717, 1.165) is 12.8 Å². The predicted octanol–water partition coefficient (Wildman–Crippen LogP) is 0.544. The lowest BCUT2D eigenvalue weighted by molar-refractivity contribution is -0.158. The second kappa shape index (κ2) is 4.48. The van der Waals surface area contributed by atoms with Crippen LogP contribution in [0.15, 0.2) is 0 Å². The van der Waals surface area contributed by atoms with Crippen LogP contribution < -0.4 is 0 Å². The molecule has 0 radical (unpaired) electrons. The SMILES string of the molecule is COC(OC)C(=O)CC(=O)C1CC1. The first-order valence-electron chi connectivity index (χ1n) is 4.30. The predicted molar refractivity (Wildman–Crippen MR) is 45.2 cm³/mol. The molecule has 4 nitrogen and oxygen atoms in total. The van der Waals surface area contributed by atoms with Gasteiger partial charge in [-0.3, -0.25) is 9.59 Å². The van der Waals surface area contributed by atoms with Crippen LogP contribution in [-0.4, -0.2) is 32.1 Å². The van der Waals surface area contributed by atoms with Gasteiger partial charge >= 0.3 is 0 Å². The van der Waals surface area contributed by atoms with Gasteiger partial charge in [0.1, 0.15) is 5.78 Å². The number of ketones is 2. The highest BCUT2D eigenvalue weighted by molar-refractivity contribution is 6.02. The minimum atomic E-state index is -0.886. The minimum absolute atomic E-state index is 0.0177. The van der Waals surface area contributed by atoms with Crippen LogP contribution in [0.2, 0.25) is 0 Å². The van der Waals surface area contributed by atoms with E-state index in [2.05, 4.69) is 0 Å². The standard InChI is InChI=1S/C9H14O4/c1-12-9(13-2)8(11)5-7(10)6-3-4-6/h6,9H,3-5H2,1-2H3. The Morgan fingerprint density at radius 3 is 2.23 bits per heavy atom. The normalized spacial score (nSPS) is 16.2. The van der Waals surface area contributed by atoms with Gasteiger partial charge in [-0.25, -0.2) is 0 Å². The monoisotopic (exact) mass is 186 g/mol. The third-order valence-corrected chi connectivity index (χ3v) is 2.07. The van der Waals surface area contributed by atoms with Crippen molar-refractivity contribution in [1.82, 2.24) is 0 Å². The summed E-state index contributed by atoms with van der Waals surface area (Å²) in [6, 6.07) is 0. The summed E-state index contributed by atoms with van der Waals surface area (Å²) in [4.78, 5) is 22.5. The quantitative estimate of drug-likeness (QED) is 0.449. The first kappa shape index (κ1) is 10.3. The number of carbonyl (C=O) groups is 2. The largest absolute Gasteiger partial charge is 0.349 e. The van der Waals surface area contributed by atoms with Gasteiger partial charge in [-0.15, -0.1) is 0 Å². The van der Waals surface area contributed by atoms with Crippen LogP contribution in [0.3, 0.4) is 0 Å². The van der Waals surface area contributed by atoms with Crippen LogP contribution in [0, 0.1) is 5.92 Å². The first-order valence-corrected chi connectivity index (χ1v) is 4.30. The van der Waals surface area contributed by atoms with E-state index in [1.165, 1.54) is 14.2 Å². The molecule has 0 aromatic rings. The smallest absolute Gasteiger partial charge is 0.217 e. The van der Waals surface area contributed by atoms with Gasteiger partial charge < -0.3 is 9.47 Å². The van der Waals surface area contributed by atoms with E-state index in [0.29, 0.717) is 0 Å². The molecule has 1 rings (SSSR count). The summed E-state index contributed by atoms with van der Waals surface area (Å²) in [7, 11) is 2.77. The van der Waals surface area contributed by atoms with Crippen molar-refractivity contribution in [1.29, 1.82) is 0 Å². The van der Waals surface area contributed by atoms with E-state index < -0.39 is 6.29 Å². The highest BCUT2D eigenvalue weighted by Gasteiger charge is 2.32. The molecule has 0 aromatic heterocycles. The molecule has 0 unspecified atom stereocenters. The molecule has 1 aliphatic carbocycles. The fourth-order valence-corrected chi connectivity index (χ4v) is 1.16. The fraction of sp³-hybridized carbons (Fsp3) is 0.778. The summed E-state index contributed by atoms with van der Waals surface area (Å²) < 4.78 is 9.48. The Bertz CT molecular complexity index is 204. The Kier molecular flexibility index (Phi) is 3.57. The summed E-state index contributed by atoms with van der Waals surface area (Å²) >= 11 is 0. The van der Waals surface area contributed by atoms with Gasteiger partial charge in [0.05, 0.1) is 6.42 Å². The second-order valence-electron chi connectivity index (χ2n) is 3.19. The average molecular weight is 186 g/mol. The molecule has 0 aliphatic heterocycles. The van der Waals surface area contributed by atoms with E-state index in [-0.39, 0.29) is 23.9 Å². The zero-order chi connectivity index (χ0) is 9.84. The lowest BCUT2D eigenvalue weighted by Crippen LogP contribution is -2.27.